The van der Waals surface area contributed by atoms with Crippen LogP contribution in [0.25, 0.3) is 21.8 Å². The van der Waals surface area contributed by atoms with Crippen molar-refractivity contribution in [1.82, 2.24) is 20.2 Å². The highest BCUT2D eigenvalue weighted by Gasteiger charge is 2.06. The number of fused-ring (bicyclic) bond motifs is 2. The maximum atomic E-state index is 13.2. The van der Waals surface area contributed by atoms with Crippen molar-refractivity contribution in [2.45, 2.75) is 0 Å². The summed E-state index contributed by atoms with van der Waals surface area (Å²) >= 11 is 0. The predicted molar refractivity (Wildman–Crippen MR) is 78.9 cm³/mol. The third-order valence-electron chi connectivity index (χ3n) is 3.30. The highest BCUT2D eigenvalue weighted by atomic mass is 19.1. The molecule has 4 rings (SSSR count). The molecule has 102 valence electrons. The Balaban J connectivity index is 1.79. The van der Waals surface area contributed by atoms with E-state index in [0.717, 1.165) is 22.0 Å². The van der Waals surface area contributed by atoms with Gasteiger partial charge in [-0.15, -0.1) is 0 Å². The number of aromatic amines is 1. The number of nitrogens with zero attached hydrogens (tertiary/aromatic N) is 3. The maximum Gasteiger partial charge on any atom is 0.141 e. The molecule has 5 nitrogen and oxygen atoms in total. The van der Waals surface area contributed by atoms with Crippen molar-refractivity contribution in [3.8, 4) is 0 Å². The lowest BCUT2D eigenvalue weighted by Crippen LogP contribution is -1.96. The number of hydrogen-bond acceptors (Lipinski definition) is 4. The van der Waals surface area contributed by atoms with Crippen molar-refractivity contribution < 1.29 is 4.39 Å². The third-order valence-corrected chi connectivity index (χ3v) is 3.30. The molecule has 0 bridgehead atoms. The van der Waals surface area contributed by atoms with E-state index >= 15 is 0 Å². The van der Waals surface area contributed by atoms with Crippen LogP contribution in [-0.4, -0.2) is 20.2 Å². The second-order valence-electron chi connectivity index (χ2n) is 4.68. The first-order valence-electron chi connectivity index (χ1n) is 6.40. The molecule has 0 atom stereocenters. The van der Waals surface area contributed by atoms with Crippen molar-refractivity contribution in [3.63, 3.8) is 0 Å². The van der Waals surface area contributed by atoms with Crippen molar-refractivity contribution in [1.29, 1.82) is 0 Å². The lowest BCUT2D eigenvalue weighted by Gasteiger charge is -2.08. The smallest absolute Gasteiger partial charge is 0.141 e. The third kappa shape index (κ3) is 2.06. The first-order valence-corrected chi connectivity index (χ1v) is 6.40. The molecular formula is C15H10FN5. The van der Waals surface area contributed by atoms with Gasteiger partial charge < -0.3 is 5.32 Å². The lowest BCUT2D eigenvalue weighted by molar-refractivity contribution is 0.629. The summed E-state index contributed by atoms with van der Waals surface area (Å²) in [5.74, 6) is 0.329. The Morgan fingerprint density at radius 3 is 2.95 bits per heavy atom. The summed E-state index contributed by atoms with van der Waals surface area (Å²) in [6.07, 6.45) is 3.18. The van der Waals surface area contributed by atoms with Gasteiger partial charge in [-0.2, -0.15) is 5.10 Å². The van der Waals surface area contributed by atoms with E-state index in [1.54, 1.807) is 12.3 Å². The van der Waals surface area contributed by atoms with Crippen LogP contribution in [0.5, 0.6) is 0 Å². The number of benzene rings is 2. The number of aromatic nitrogens is 4. The van der Waals surface area contributed by atoms with Crippen LogP contribution in [0.2, 0.25) is 0 Å². The maximum absolute atomic E-state index is 13.2. The van der Waals surface area contributed by atoms with Gasteiger partial charge >= 0.3 is 0 Å². The van der Waals surface area contributed by atoms with E-state index in [9.17, 15) is 4.39 Å². The summed E-state index contributed by atoms with van der Waals surface area (Å²) in [6.45, 7) is 0. The number of H-pyrrole nitrogens is 1. The summed E-state index contributed by atoms with van der Waals surface area (Å²) in [4.78, 5) is 8.31. The quantitative estimate of drug-likeness (QED) is 0.590. The molecule has 2 N–H and O–H groups in total. The Morgan fingerprint density at radius 1 is 1.05 bits per heavy atom. The monoisotopic (exact) mass is 279 g/mol. The molecule has 6 heteroatoms. The van der Waals surface area contributed by atoms with Crippen LogP contribution in [0.4, 0.5) is 15.9 Å². The van der Waals surface area contributed by atoms with Gasteiger partial charge in [-0.05, 0) is 30.3 Å². The van der Waals surface area contributed by atoms with Crippen LogP contribution in [0.1, 0.15) is 0 Å². The van der Waals surface area contributed by atoms with Crippen LogP contribution in [0, 0.1) is 5.82 Å². The van der Waals surface area contributed by atoms with Gasteiger partial charge in [-0.25, -0.2) is 14.4 Å². The Morgan fingerprint density at radius 2 is 2.00 bits per heavy atom. The summed E-state index contributed by atoms with van der Waals surface area (Å²) in [7, 11) is 0. The Labute approximate surface area is 118 Å². The molecule has 4 aromatic rings. The summed E-state index contributed by atoms with van der Waals surface area (Å²) in [6, 6.07) is 10.3. The summed E-state index contributed by atoms with van der Waals surface area (Å²) in [5, 5.41) is 11.9. The van der Waals surface area contributed by atoms with E-state index < -0.39 is 0 Å². The molecule has 0 aliphatic rings. The molecule has 2 aromatic heterocycles. The molecule has 0 amide bonds. The summed E-state index contributed by atoms with van der Waals surface area (Å²) in [5.41, 5.74) is 2.42. The second kappa shape index (κ2) is 4.52. The van der Waals surface area contributed by atoms with Gasteiger partial charge in [-0.3, -0.25) is 5.10 Å². The predicted octanol–water partition coefficient (Wildman–Crippen LogP) is 3.39. The molecular weight excluding hydrogens is 269 g/mol. The zero-order valence-electron chi connectivity index (χ0n) is 10.8. The molecule has 0 unspecified atom stereocenters. The molecule has 0 saturated carbocycles. The highest BCUT2D eigenvalue weighted by Crippen LogP contribution is 2.25. The topological polar surface area (TPSA) is 66.5 Å². The number of halogens is 1. The second-order valence-corrected chi connectivity index (χ2v) is 4.68. The van der Waals surface area contributed by atoms with E-state index in [1.165, 1.54) is 18.5 Å². The molecule has 0 spiro atoms. The van der Waals surface area contributed by atoms with Crippen molar-refractivity contribution >= 4 is 33.3 Å². The van der Waals surface area contributed by atoms with Crippen LogP contribution >= 0.6 is 0 Å². The van der Waals surface area contributed by atoms with Crippen LogP contribution < -0.4 is 5.32 Å². The normalized spacial score (nSPS) is 11.1. The van der Waals surface area contributed by atoms with Gasteiger partial charge in [0.15, 0.2) is 0 Å². The first kappa shape index (κ1) is 11.8. The van der Waals surface area contributed by atoms with E-state index in [2.05, 4.69) is 25.5 Å². The Bertz CT molecular complexity index is 947. The van der Waals surface area contributed by atoms with Gasteiger partial charge in [0.1, 0.15) is 18.0 Å². The lowest BCUT2D eigenvalue weighted by atomic mass is 10.2. The SMILES string of the molecule is Fc1ccc2c(Nc3ccc4[nH]ncc4c3)ncnc2c1. The first-order chi connectivity index (χ1) is 10.3. The van der Waals surface area contributed by atoms with Gasteiger partial charge in [-0.1, -0.05) is 0 Å². The molecule has 21 heavy (non-hydrogen) atoms. The molecule has 2 aromatic carbocycles. The van der Waals surface area contributed by atoms with Crippen molar-refractivity contribution in [2.24, 2.45) is 0 Å². The Hall–Kier alpha value is -3.02. The molecule has 0 aliphatic heterocycles. The minimum Gasteiger partial charge on any atom is -0.340 e. The molecule has 2 heterocycles. The highest BCUT2D eigenvalue weighted by molar-refractivity contribution is 5.91. The molecule has 0 saturated heterocycles. The van der Waals surface area contributed by atoms with Crippen LogP contribution in [0.15, 0.2) is 48.9 Å². The minimum atomic E-state index is -0.313. The number of hydrogen-bond donors (Lipinski definition) is 2. The van der Waals surface area contributed by atoms with Gasteiger partial charge in [0.05, 0.1) is 17.2 Å². The average Bonchev–Trinajstić information content (AvgIpc) is 2.95. The number of nitrogens with one attached hydrogen (secondary N) is 2. The Kier molecular flexibility index (Phi) is 2.53. The largest absolute Gasteiger partial charge is 0.340 e. The fraction of sp³-hybridized carbons (Fsp3) is 0. The van der Waals surface area contributed by atoms with Crippen molar-refractivity contribution in [2.75, 3.05) is 5.32 Å². The van der Waals surface area contributed by atoms with E-state index in [1.807, 2.05) is 18.2 Å². The standard InChI is InChI=1S/C15H10FN5/c16-10-1-3-12-14(6-10)17-8-18-15(12)20-11-2-4-13-9(5-11)7-19-21-13/h1-8H,(H,19,21)(H,17,18,20). The number of rotatable bonds is 2. The van der Waals surface area contributed by atoms with Gasteiger partial charge in [0.25, 0.3) is 0 Å². The zero-order valence-corrected chi connectivity index (χ0v) is 10.8. The van der Waals surface area contributed by atoms with Crippen molar-refractivity contribution in [3.05, 3.63) is 54.7 Å². The average molecular weight is 279 g/mol. The van der Waals surface area contributed by atoms with E-state index in [-0.39, 0.29) is 5.82 Å². The van der Waals surface area contributed by atoms with Gasteiger partial charge in [0, 0.05) is 22.5 Å². The van der Waals surface area contributed by atoms with Crippen LogP contribution in [-0.2, 0) is 0 Å². The van der Waals surface area contributed by atoms with E-state index in [0.29, 0.717) is 11.3 Å². The molecule has 0 aliphatic carbocycles. The fourth-order valence-corrected chi connectivity index (χ4v) is 2.29. The minimum absolute atomic E-state index is 0.313. The molecule has 0 fully saturated rings. The van der Waals surface area contributed by atoms with Gasteiger partial charge in [0.2, 0.25) is 0 Å². The number of anilines is 2. The fourth-order valence-electron chi connectivity index (χ4n) is 2.29. The molecule has 0 radical (unpaired) electrons. The summed E-state index contributed by atoms with van der Waals surface area (Å²) < 4.78 is 13.2. The van der Waals surface area contributed by atoms with E-state index in [4.69, 9.17) is 0 Å². The zero-order chi connectivity index (χ0) is 14.2. The van der Waals surface area contributed by atoms with Crippen LogP contribution in [0.3, 0.4) is 0 Å².